The lowest BCUT2D eigenvalue weighted by molar-refractivity contribution is 0.0993. The van der Waals surface area contributed by atoms with Gasteiger partial charge in [0, 0.05) is 29.4 Å². The van der Waals surface area contributed by atoms with Crippen molar-refractivity contribution in [3.8, 4) is 0 Å². The number of anilines is 1. The van der Waals surface area contributed by atoms with Crippen LogP contribution in [0.15, 0.2) is 58.3 Å². The van der Waals surface area contributed by atoms with E-state index in [0.29, 0.717) is 27.9 Å². The van der Waals surface area contributed by atoms with Gasteiger partial charge in [0.15, 0.2) is 9.84 Å². The summed E-state index contributed by atoms with van der Waals surface area (Å²) in [5.74, 6) is -2.83. The highest BCUT2D eigenvalue weighted by atomic mass is 32.2. The fourth-order valence-corrected chi connectivity index (χ4v) is 3.14. The van der Waals surface area contributed by atoms with Crippen LogP contribution in [0.1, 0.15) is 10.4 Å². The van der Waals surface area contributed by atoms with Crippen molar-refractivity contribution in [2.24, 2.45) is 0 Å². The number of sulfone groups is 1. The molecule has 8 heteroatoms. The average Bonchev–Trinajstić information content (AvgIpc) is 2.53. The van der Waals surface area contributed by atoms with Crippen LogP contribution in [0.4, 0.5) is 14.5 Å². The number of amides is 1. The molecule has 0 fully saturated rings. The Balaban J connectivity index is 2.17. The van der Waals surface area contributed by atoms with E-state index in [2.05, 4.69) is 0 Å². The first-order chi connectivity index (χ1) is 11.2. The summed E-state index contributed by atoms with van der Waals surface area (Å²) in [5.41, 5.74) is 0.877. The summed E-state index contributed by atoms with van der Waals surface area (Å²) in [4.78, 5) is 14.3. The van der Waals surface area contributed by atoms with Gasteiger partial charge >= 0.3 is 0 Å². The molecule has 0 aromatic heterocycles. The number of benzene rings is 2. The lowest BCUT2D eigenvalue weighted by Gasteiger charge is -2.18. The van der Waals surface area contributed by atoms with Crippen molar-refractivity contribution in [3.05, 3.63) is 54.1 Å². The second kappa shape index (κ2) is 7.31. The number of alkyl halides is 2. The molecule has 0 aliphatic heterocycles. The lowest BCUT2D eigenvalue weighted by Crippen LogP contribution is -2.26. The van der Waals surface area contributed by atoms with Gasteiger partial charge in [-0.1, -0.05) is 11.8 Å². The second-order valence-corrected chi connectivity index (χ2v) is 8.11. The van der Waals surface area contributed by atoms with Crippen molar-refractivity contribution in [1.29, 1.82) is 0 Å². The van der Waals surface area contributed by atoms with Crippen LogP contribution in [0.2, 0.25) is 0 Å². The molecule has 0 N–H and O–H groups in total. The molecule has 0 spiro atoms. The SMILES string of the molecule is CN(C(=O)c1ccc(SC(F)F)cc1)c1ccc(S(C)(=O)=O)cc1. The number of nitrogens with zero attached hydrogens (tertiary/aromatic N) is 1. The van der Waals surface area contributed by atoms with Gasteiger partial charge in [-0.2, -0.15) is 8.78 Å². The lowest BCUT2D eigenvalue weighted by atomic mass is 10.2. The molecule has 0 saturated heterocycles. The molecule has 1 amide bonds. The van der Waals surface area contributed by atoms with Gasteiger partial charge in [-0.3, -0.25) is 4.79 Å². The number of rotatable bonds is 5. The maximum Gasteiger partial charge on any atom is 0.288 e. The Kier molecular flexibility index (Phi) is 5.61. The highest BCUT2D eigenvalue weighted by Gasteiger charge is 2.15. The van der Waals surface area contributed by atoms with Gasteiger partial charge in [0.2, 0.25) is 0 Å². The van der Waals surface area contributed by atoms with Crippen molar-refractivity contribution < 1.29 is 22.0 Å². The van der Waals surface area contributed by atoms with Crippen LogP contribution < -0.4 is 4.90 Å². The zero-order chi connectivity index (χ0) is 17.9. The predicted molar refractivity (Wildman–Crippen MR) is 90.6 cm³/mol. The van der Waals surface area contributed by atoms with E-state index in [4.69, 9.17) is 0 Å². The van der Waals surface area contributed by atoms with Crippen molar-refractivity contribution in [2.75, 3.05) is 18.2 Å². The van der Waals surface area contributed by atoms with E-state index in [1.807, 2.05) is 0 Å². The van der Waals surface area contributed by atoms with Crippen LogP contribution in [-0.2, 0) is 9.84 Å². The fraction of sp³-hybridized carbons (Fsp3) is 0.188. The molecular formula is C16H15F2NO3S2. The van der Waals surface area contributed by atoms with Crippen molar-refractivity contribution in [2.45, 2.75) is 15.5 Å². The van der Waals surface area contributed by atoms with Gasteiger partial charge in [-0.15, -0.1) is 0 Å². The molecular weight excluding hydrogens is 356 g/mol. The van der Waals surface area contributed by atoms with E-state index in [1.54, 1.807) is 7.05 Å². The maximum atomic E-state index is 12.4. The molecule has 2 aromatic rings. The van der Waals surface area contributed by atoms with Gasteiger partial charge < -0.3 is 4.90 Å². The summed E-state index contributed by atoms with van der Waals surface area (Å²) >= 11 is 0.412. The van der Waals surface area contributed by atoms with E-state index in [1.165, 1.54) is 53.4 Å². The molecule has 0 heterocycles. The minimum absolute atomic E-state index is 0.167. The highest BCUT2D eigenvalue weighted by molar-refractivity contribution is 7.99. The van der Waals surface area contributed by atoms with Crippen LogP contribution in [0.25, 0.3) is 0 Å². The Morgan fingerprint density at radius 2 is 1.58 bits per heavy atom. The van der Waals surface area contributed by atoms with E-state index in [0.717, 1.165) is 6.26 Å². The minimum atomic E-state index is -3.30. The molecule has 0 radical (unpaired) electrons. The highest BCUT2D eigenvalue weighted by Crippen LogP contribution is 2.26. The van der Waals surface area contributed by atoms with Gasteiger partial charge in [0.25, 0.3) is 11.7 Å². The maximum absolute atomic E-state index is 12.4. The zero-order valence-electron chi connectivity index (χ0n) is 12.9. The summed E-state index contributed by atoms with van der Waals surface area (Å²) in [7, 11) is -1.74. The summed E-state index contributed by atoms with van der Waals surface area (Å²) in [6.45, 7) is 0. The van der Waals surface area contributed by atoms with Crippen molar-refractivity contribution in [1.82, 2.24) is 0 Å². The number of halogens is 2. The largest absolute Gasteiger partial charge is 0.311 e. The van der Waals surface area contributed by atoms with E-state index < -0.39 is 15.6 Å². The number of carbonyl (C=O) groups is 1. The summed E-state index contributed by atoms with van der Waals surface area (Å²) < 4.78 is 47.5. The van der Waals surface area contributed by atoms with Gasteiger partial charge in [0.1, 0.15) is 0 Å². The van der Waals surface area contributed by atoms with Gasteiger partial charge in [0.05, 0.1) is 4.90 Å². The van der Waals surface area contributed by atoms with Gasteiger partial charge in [-0.25, -0.2) is 8.42 Å². The number of hydrogen-bond acceptors (Lipinski definition) is 4. The van der Waals surface area contributed by atoms with Crippen LogP contribution in [0.5, 0.6) is 0 Å². The Hall–Kier alpha value is -1.93. The summed E-state index contributed by atoms with van der Waals surface area (Å²) in [6.07, 6.45) is 1.11. The smallest absolute Gasteiger partial charge is 0.288 e. The minimum Gasteiger partial charge on any atom is -0.311 e. The molecule has 2 aromatic carbocycles. The van der Waals surface area contributed by atoms with E-state index in [9.17, 15) is 22.0 Å². The summed E-state index contributed by atoms with van der Waals surface area (Å²) in [5, 5.41) is 0. The first-order valence-corrected chi connectivity index (χ1v) is 9.58. The Bertz CT molecular complexity index is 819. The van der Waals surface area contributed by atoms with Crippen LogP contribution in [0.3, 0.4) is 0 Å². The Morgan fingerprint density at radius 1 is 1.04 bits per heavy atom. The number of hydrogen-bond donors (Lipinski definition) is 0. The quantitative estimate of drug-likeness (QED) is 0.753. The standard InChI is InChI=1S/C16H15F2NO3S2/c1-19(12-5-9-14(10-6-12)24(2,21)22)15(20)11-3-7-13(8-4-11)23-16(17)18/h3-10,16H,1-2H3. The summed E-state index contributed by atoms with van der Waals surface area (Å²) in [6, 6.07) is 11.8. The molecule has 0 atom stereocenters. The van der Waals surface area contributed by atoms with Gasteiger partial charge in [-0.05, 0) is 48.5 Å². The normalized spacial score (nSPS) is 11.5. The number of carbonyl (C=O) groups excluding carboxylic acids is 1. The third-order valence-electron chi connectivity index (χ3n) is 3.28. The van der Waals surface area contributed by atoms with E-state index in [-0.39, 0.29) is 10.8 Å². The monoisotopic (exact) mass is 371 g/mol. The molecule has 24 heavy (non-hydrogen) atoms. The third-order valence-corrected chi connectivity index (χ3v) is 5.13. The molecule has 0 saturated carbocycles. The van der Waals surface area contributed by atoms with Crippen LogP contribution in [-0.4, -0.2) is 33.4 Å². The molecule has 0 aliphatic carbocycles. The Labute approximate surface area is 143 Å². The number of thioether (sulfide) groups is 1. The molecule has 0 aliphatic rings. The molecule has 0 unspecified atom stereocenters. The molecule has 4 nitrogen and oxygen atoms in total. The first-order valence-electron chi connectivity index (χ1n) is 6.81. The average molecular weight is 371 g/mol. The van der Waals surface area contributed by atoms with Crippen molar-refractivity contribution >= 4 is 33.2 Å². The fourth-order valence-electron chi connectivity index (χ4n) is 2.01. The molecule has 128 valence electrons. The molecule has 2 rings (SSSR count). The first kappa shape index (κ1) is 18.4. The second-order valence-electron chi connectivity index (χ2n) is 5.03. The zero-order valence-corrected chi connectivity index (χ0v) is 14.6. The van der Waals surface area contributed by atoms with E-state index >= 15 is 0 Å². The molecule has 0 bridgehead atoms. The van der Waals surface area contributed by atoms with Crippen molar-refractivity contribution in [3.63, 3.8) is 0 Å². The Morgan fingerprint density at radius 3 is 2.04 bits per heavy atom. The predicted octanol–water partition coefficient (Wildman–Crippen LogP) is 3.68. The van der Waals surface area contributed by atoms with Crippen LogP contribution >= 0.6 is 11.8 Å². The topological polar surface area (TPSA) is 54.5 Å². The van der Waals surface area contributed by atoms with Crippen LogP contribution in [0, 0.1) is 0 Å². The third kappa shape index (κ3) is 4.55.